The summed E-state index contributed by atoms with van der Waals surface area (Å²) in [7, 11) is 0. The summed E-state index contributed by atoms with van der Waals surface area (Å²) in [6, 6.07) is 75.5. The average molecular weight is 847 g/mol. The SMILES string of the molecule is c1ccc(C2=NC(c3ccc4ccccc4c3)NC(c3cc(-c4cccc(-n5c6ccccc6c6ccccc65)n4)nc(-c4cccc(-n5c6ccccc6c6ccccc65)n4)c3)=N2)cc1. The Morgan fingerprint density at radius 1 is 0.364 bits per heavy atom. The zero-order valence-electron chi connectivity index (χ0n) is 35.5. The number of pyridine rings is 3. The summed E-state index contributed by atoms with van der Waals surface area (Å²) < 4.78 is 4.47. The highest BCUT2D eigenvalue weighted by Crippen LogP contribution is 2.35. The Morgan fingerprint density at radius 3 is 1.39 bits per heavy atom. The standard InChI is InChI=1S/C58H38N8/c1-2-17-38(18-3-1)56-62-57(40-33-32-37-16-4-5-19-39(37)34-40)64-58(63-56)41-35-48(46-24-14-30-54(60-46)65-50-26-10-6-20-42(50)43-21-7-11-27-51(43)65)59-49(36-41)47-25-15-31-55(61-47)66-52-28-12-8-22-44(52)45-23-9-13-29-53(45)66/h1-36,57H,(H,62,63,64). The number of fused-ring (bicyclic) bond motifs is 7. The van der Waals surface area contributed by atoms with Gasteiger partial charge in [0.25, 0.3) is 0 Å². The van der Waals surface area contributed by atoms with Gasteiger partial charge in [0.15, 0.2) is 5.84 Å². The van der Waals surface area contributed by atoms with E-state index in [4.69, 9.17) is 24.9 Å². The number of hydrogen-bond acceptors (Lipinski definition) is 6. The van der Waals surface area contributed by atoms with Crippen molar-refractivity contribution in [3.8, 4) is 34.4 Å². The minimum absolute atomic E-state index is 0.411. The van der Waals surface area contributed by atoms with E-state index in [1.807, 2.05) is 30.3 Å². The fourth-order valence-electron chi connectivity index (χ4n) is 9.51. The molecular formula is C58H38N8. The highest BCUT2D eigenvalue weighted by molar-refractivity contribution is 6.14. The van der Waals surface area contributed by atoms with Crippen LogP contribution in [0.5, 0.6) is 0 Å². The molecule has 66 heavy (non-hydrogen) atoms. The first-order valence-electron chi connectivity index (χ1n) is 22.1. The van der Waals surface area contributed by atoms with Crippen molar-refractivity contribution in [2.45, 2.75) is 6.17 Å². The van der Waals surface area contributed by atoms with Crippen LogP contribution in [0.3, 0.4) is 0 Å². The monoisotopic (exact) mass is 846 g/mol. The van der Waals surface area contributed by atoms with E-state index in [0.717, 1.165) is 67.2 Å². The Balaban J connectivity index is 1.00. The molecule has 0 aliphatic carbocycles. The average Bonchev–Trinajstić information content (AvgIpc) is 3.92. The molecule has 0 saturated carbocycles. The van der Waals surface area contributed by atoms with Gasteiger partial charge in [-0.25, -0.2) is 24.9 Å². The van der Waals surface area contributed by atoms with Gasteiger partial charge in [0, 0.05) is 32.7 Å². The normalized spacial score (nSPS) is 13.9. The van der Waals surface area contributed by atoms with Gasteiger partial charge in [-0.05, 0) is 83.1 Å². The highest BCUT2D eigenvalue weighted by atomic mass is 15.2. The smallest absolute Gasteiger partial charge is 0.159 e. The van der Waals surface area contributed by atoms with Crippen LogP contribution in [0.4, 0.5) is 0 Å². The molecule has 310 valence electrons. The molecule has 5 aromatic heterocycles. The quantitative estimate of drug-likeness (QED) is 0.173. The lowest BCUT2D eigenvalue weighted by molar-refractivity contribution is 0.675. The summed E-state index contributed by atoms with van der Waals surface area (Å²) in [5, 5.41) is 10.8. The van der Waals surface area contributed by atoms with E-state index in [-0.39, 0.29) is 0 Å². The Kier molecular flexibility index (Phi) is 8.74. The van der Waals surface area contributed by atoms with Crippen LogP contribution >= 0.6 is 0 Å². The van der Waals surface area contributed by atoms with Crippen LogP contribution in [0.1, 0.15) is 22.9 Å². The molecule has 1 aliphatic heterocycles. The summed E-state index contributed by atoms with van der Waals surface area (Å²) >= 11 is 0. The van der Waals surface area contributed by atoms with Gasteiger partial charge in [0.1, 0.15) is 23.6 Å². The lowest BCUT2D eigenvalue weighted by Crippen LogP contribution is -2.33. The van der Waals surface area contributed by atoms with E-state index in [9.17, 15) is 0 Å². The van der Waals surface area contributed by atoms with E-state index in [1.54, 1.807) is 0 Å². The van der Waals surface area contributed by atoms with Crippen molar-refractivity contribution in [3.05, 3.63) is 235 Å². The second-order valence-electron chi connectivity index (χ2n) is 16.6. The molecule has 8 nitrogen and oxygen atoms in total. The maximum absolute atomic E-state index is 5.39. The first-order chi connectivity index (χ1) is 32.7. The molecule has 0 spiro atoms. The minimum atomic E-state index is -0.411. The third kappa shape index (κ3) is 6.34. The second kappa shape index (κ2) is 15.4. The molecule has 1 atom stereocenters. The van der Waals surface area contributed by atoms with Crippen molar-refractivity contribution in [3.63, 3.8) is 0 Å². The first kappa shape index (κ1) is 37.5. The molecule has 0 radical (unpaired) electrons. The molecule has 1 unspecified atom stereocenters. The van der Waals surface area contributed by atoms with Crippen molar-refractivity contribution in [1.82, 2.24) is 29.4 Å². The molecule has 1 aliphatic rings. The van der Waals surface area contributed by atoms with Gasteiger partial charge in [0.2, 0.25) is 0 Å². The maximum Gasteiger partial charge on any atom is 0.159 e. The van der Waals surface area contributed by atoms with Gasteiger partial charge in [-0.3, -0.25) is 9.13 Å². The number of rotatable bonds is 7. The van der Waals surface area contributed by atoms with E-state index in [2.05, 4.69) is 203 Å². The lowest BCUT2D eigenvalue weighted by atomic mass is 10.0. The molecule has 0 saturated heterocycles. The van der Waals surface area contributed by atoms with Crippen molar-refractivity contribution in [2.24, 2.45) is 9.98 Å². The Labute approximate surface area is 379 Å². The number of amidine groups is 2. The van der Waals surface area contributed by atoms with Gasteiger partial charge in [-0.1, -0.05) is 152 Å². The molecular weight excluding hydrogens is 809 g/mol. The first-order valence-corrected chi connectivity index (χ1v) is 22.1. The van der Waals surface area contributed by atoms with Crippen LogP contribution in [0.2, 0.25) is 0 Å². The number of nitrogens with one attached hydrogen (secondary N) is 1. The summed E-state index contributed by atoms with van der Waals surface area (Å²) in [6.07, 6.45) is -0.411. The molecule has 0 bridgehead atoms. The predicted molar refractivity (Wildman–Crippen MR) is 269 cm³/mol. The predicted octanol–water partition coefficient (Wildman–Crippen LogP) is 13.0. The number of aromatic nitrogens is 5. The number of nitrogens with zero attached hydrogens (tertiary/aromatic N) is 7. The number of hydrogen-bond donors (Lipinski definition) is 1. The van der Waals surface area contributed by atoms with E-state index < -0.39 is 6.17 Å². The Hall–Kier alpha value is -9.01. The minimum Gasteiger partial charge on any atom is -0.344 e. The van der Waals surface area contributed by atoms with Crippen LogP contribution in [-0.2, 0) is 0 Å². The summed E-state index contributed by atoms with van der Waals surface area (Å²) in [4.78, 5) is 26.6. The van der Waals surface area contributed by atoms with Crippen LogP contribution in [0.25, 0.3) is 88.8 Å². The van der Waals surface area contributed by atoms with E-state index in [1.165, 1.54) is 26.9 Å². The van der Waals surface area contributed by atoms with Crippen molar-refractivity contribution in [2.75, 3.05) is 0 Å². The molecule has 12 aromatic rings. The third-order valence-electron chi connectivity index (χ3n) is 12.6. The number of para-hydroxylation sites is 4. The summed E-state index contributed by atoms with van der Waals surface area (Å²) in [5.74, 6) is 2.91. The number of aliphatic imine (C=N–C) groups is 2. The topological polar surface area (TPSA) is 85.3 Å². The van der Waals surface area contributed by atoms with Crippen molar-refractivity contribution in [1.29, 1.82) is 0 Å². The third-order valence-corrected chi connectivity index (χ3v) is 12.6. The molecule has 1 N–H and O–H groups in total. The maximum atomic E-state index is 5.39. The Morgan fingerprint density at radius 2 is 0.848 bits per heavy atom. The highest BCUT2D eigenvalue weighted by Gasteiger charge is 2.24. The fourth-order valence-corrected chi connectivity index (χ4v) is 9.51. The second-order valence-corrected chi connectivity index (χ2v) is 16.6. The van der Waals surface area contributed by atoms with Crippen LogP contribution in [-0.4, -0.2) is 35.8 Å². The van der Waals surface area contributed by atoms with Crippen molar-refractivity contribution >= 4 is 66.1 Å². The molecule has 13 rings (SSSR count). The zero-order chi connectivity index (χ0) is 43.6. The molecule has 0 amide bonds. The molecule has 6 heterocycles. The largest absolute Gasteiger partial charge is 0.344 e. The van der Waals surface area contributed by atoms with Gasteiger partial charge in [0.05, 0.1) is 44.8 Å². The summed E-state index contributed by atoms with van der Waals surface area (Å²) in [5.41, 5.74) is 9.95. The summed E-state index contributed by atoms with van der Waals surface area (Å²) in [6.45, 7) is 0. The van der Waals surface area contributed by atoms with Crippen LogP contribution in [0.15, 0.2) is 228 Å². The lowest BCUT2D eigenvalue weighted by Gasteiger charge is -2.24. The van der Waals surface area contributed by atoms with Gasteiger partial charge < -0.3 is 5.32 Å². The van der Waals surface area contributed by atoms with Gasteiger partial charge >= 0.3 is 0 Å². The number of benzene rings is 7. The van der Waals surface area contributed by atoms with Crippen LogP contribution in [0, 0.1) is 0 Å². The molecule has 0 fully saturated rings. The molecule has 7 aromatic carbocycles. The van der Waals surface area contributed by atoms with E-state index in [0.29, 0.717) is 23.1 Å². The van der Waals surface area contributed by atoms with Gasteiger partial charge in [-0.2, -0.15) is 0 Å². The van der Waals surface area contributed by atoms with Crippen molar-refractivity contribution < 1.29 is 0 Å². The zero-order valence-corrected chi connectivity index (χ0v) is 35.5. The fraction of sp³-hybridized carbons (Fsp3) is 0.0172. The molecule has 8 heteroatoms. The van der Waals surface area contributed by atoms with Gasteiger partial charge in [-0.15, -0.1) is 0 Å². The van der Waals surface area contributed by atoms with E-state index >= 15 is 0 Å². The Bertz CT molecular complexity index is 3650. The van der Waals surface area contributed by atoms with Crippen LogP contribution < -0.4 is 5.32 Å².